The average molecular weight is 383 g/mol. The Morgan fingerprint density at radius 3 is 2.86 bits per heavy atom. The molecule has 5 heteroatoms. The summed E-state index contributed by atoms with van der Waals surface area (Å²) < 4.78 is 6.75. The number of carboxylic acid groups (broad SMARTS) is 1. The monoisotopic (exact) mass is 382 g/mol. The van der Waals surface area contributed by atoms with Crippen molar-refractivity contribution in [2.75, 3.05) is 6.61 Å². The Bertz CT molecular complexity index is 610. The molecular weight excluding hydrogens is 364 g/mol. The Balaban J connectivity index is 2.22. The van der Waals surface area contributed by atoms with Crippen LogP contribution >= 0.6 is 27.3 Å². The van der Waals surface area contributed by atoms with Crippen LogP contribution in [0, 0.1) is 0 Å². The standard InChI is InChI=1S/C17H19BrO3S/c1-2-3-8-21-15-7-6-13(18)10-12(15)11-14(17(19)20)16-5-4-9-22-16/h4-7,9-10,14H,2-3,8,11H2,1H3,(H,19,20). The minimum Gasteiger partial charge on any atom is -0.493 e. The lowest BCUT2D eigenvalue weighted by molar-refractivity contribution is -0.138. The van der Waals surface area contributed by atoms with Crippen LogP contribution in [-0.4, -0.2) is 17.7 Å². The normalized spacial score (nSPS) is 12.1. The molecule has 0 amide bonds. The first-order valence-corrected chi connectivity index (χ1v) is 8.96. The molecule has 2 aromatic rings. The van der Waals surface area contributed by atoms with Crippen molar-refractivity contribution in [2.24, 2.45) is 0 Å². The van der Waals surface area contributed by atoms with E-state index >= 15 is 0 Å². The van der Waals surface area contributed by atoms with Crippen molar-refractivity contribution >= 4 is 33.2 Å². The first-order chi connectivity index (χ1) is 10.6. The number of hydrogen-bond donors (Lipinski definition) is 1. The Kier molecular flexibility index (Phi) is 6.46. The molecule has 0 radical (unpaired) electrons. The van der Waals surface area contributed by atoms with Crippen molar-refractivity contribution in [3.05, 3.63) is 50.6 Å². The van der Waals surface area contributed by atoms with E-state index in [0.717, 1.165) is 33.5 Å². The van der Waals surface area contributed by atoms with E-state index in [2.05, 4.69) is 22.9 Å². The molecule has 2 rings (SSSR count). The summed E-state index contributed by atoms with van der Waals surface area (Å²) in [6.07, 6.45) is 2.48. The van der Waals surface area contributed by atoms with Crippen LogP contribution in [0.4, 0.5) is 0 Å². The first-order valence-electron chi connectivity index (χ1n) is 7.29. The Morgan fingerprint density at radius 1 is 1.41 bits per heavy atom. The second kappa shape index (κ2) is 8.34. The van der Waals surface area contributed by atoms with Crippen LogP contribution in [-0.2, 0) is 11.2 Å². The number of benzene rings is 1. The molecule has 1 N–H and O–H groups in total. The van der Waals surface area contributed by atoms with Crippen molar-refractivity contribution in [2.45, 2.75) is 32.1 Å². The molecule has 0 aliphatic heterocycles. The van der Waals surface area contributed by atoms with Crippen LogP contribution in [0.3, 0.4) is 0 Å². The number of carbonyl (C=O) groups is 1. The third kappa shape index (κ3) is 4.58. The van der Waals surface area contributed by atoms with Gasteiger partial charge in [0.15, 0.2) is 0 Å². The zero-order valence-corrected chi connectivity index (χ0v) is 14.8. The topological polar surface area (TPSA) is 46.5 Å². The van der Waals surface area contributed by atoms with Gasteiger partial charge in [0.25, 0.3) is 0 Å². The first kappa shape index (κ1) is 17.0. The SMILES string of the molecule is CCCCOc1ccc(Br)cc1CC(C(=O)O)c1cccs1. The number of aliphatic carboxylic acids is 1. The van der Waals surface area contributed by atoms with Crippen LogP contribution < -0.4 is 4.74 Å². The Labute approximate surface area is 143 Å². The maximum atomic E-state index is 11.6. The Hall–Kier alpha value is -1.33. The molecule has 0 aliphatic rings. The summed E-state index contributed by atoms with van der Waals surface area (Å²) in [5.74, 6) is -0.566. The van der Waals surface area contributed by atoms with Crippen LogP contribution in [0.5, 0.6) is 5.75 Å². The number of thiophene rings is 1. The summed E-state index contributed by atoms with van der Waals surface area (Å²) in [5.41, 5.74) is 0.922. The van der Waals surface area contributed by atoms with Crippen LogP contribution in [0.1, 0.15) is 36.1 Å². The van der Waals surface area contributed by atoms with Gasteiger partial charge in [0.2, 0.25) is 0 Å². The predicted molar refractivity (Wildman–Crippen MR) is 92.9 cm³/mol. The zero-order valence-electron chi connectivity index (χ0n) is 12.4. The molecule has 1 unspecified atom stereocenters. The number of carboxylic acids is 1. The molecule has 1 aromatic heterocycles. The maximum absolute atomic E-state index is 11.6. The molecule has 1 aromatic carbocycles. The molecule has 22 heavy (non-hydrogen) atoms. The lowest BCUT2D eigenvalue weighted by Crippen LogP contribution is -2.14. The van der Waals surface area contributed by atoms with Crippen molar-refractivity contribution in [1.29, 1.82) is 0 Å². The molecule has 1 heterocycles. The van der Waals surface area contributed by atoms with E-state index in [0.29, 0.717) is 13.0 Å². The molecule has 0 fully saturated rings. The van der Waals surface area contributed by atoms with Crippen LogP contribution in [0.15, 0.2) is 40.2 Å². The van der Waals surface area contributed by atoms with Crippen molar-refractivity contribution in [3.8, 4) is 5.75 Å². The van der Waals surface area contributed by atoms with Gasteiger partial charge in [-0.15, -0.1) is 11.3 Å². The second-order valence-electron chi connectivity index (χ2n) is 5.06. The van der Waals surface area contributed by atoms with Gasteiger partial charge in [0.1, 0.15) is 5.75 Å². The third-order valence-corrected chi connectivity index (χ3v) is 4.87. The molecular formula is C17H19BrO3S. The lowest BCUT2D eigenvalue weighted by atomic mass is 9.97. The fourth-order valence-corrected chi connectivity index (χ4v) is 3.42. The van der Waals surface area contributed by atoms with Gasteiger partial charge < -0.3 is 9.84 Å². The molecule has 0 spiro atoms. The maximum Gasteiger partial charge on any atom is 0.312 e. The number of ether oxygens (including phenoxy) is 1. The predicted octanol–water partition coefficient (Wildman–Crippen LogP) is 5.10. The van der Waals surface area contributed by atoms with Gasteiger partial charge in [-0.25, -0.2) is 0 Å². The van der Waals surface area contributed by atoms with E-state index in [4.69, 9.17) is 4.74 Å². The van der Waals surface area contributed by atoms with Crippen LogP contribution in [0.2, 0.25) is 0 Å². The largest absolute Gasteiger partial charge is 0.493 e. The van der Waals surface area contributed by atoms with Gasteiger partial charge in [-0.2, -0.15) is 0 Å². The summed E-state index contributed by atoms with van der Waals surface area (Å²) in [6, 6.07) is 9.54. The van der Waals surface area contributed by atoms with E-state index < -0.39 is 11.9 Å². The highest BCUT2D eigenvalue weighted by molar-refractivity contribution is 9.10. The summed E-state index contributed by atoms with van der Waals surface area (Å²) in [7, 11) is 0. The molecule has 3 nitrogen and oxygen atoms in total. The molecule has 0 bridgehead atoms. The van der Waals surface area contributed by atoms with Crippen molar-refractivity contribution in [1.82, 2.24) is 0 Å². The number of hydrogen-bond acceptors (Lipinski definition) is 3. The zero-order chi connectivity index (χ0) is 15.9. The van der Waals surface area contributed by atoms with E-state index in [9.17, 15) is 9.90 Å². The van der Waals surface area contributed by atoms with Gasteiger partial charge in [0.05, 0.1) is 12.5 Å². The summed E-state index contributed by atoms with van der Waals surface area (Å²) in [6.45, 7) is 2.77. The van der Waals surface area contributed by atoms with Crippen LogP contribution in [0.25, 0.3) is 0 Å². The van der Waals surface area contributed by atoms with Gasteiger partial charge in [-0.3, -0.25) is 4.79 Å². The summed E-state index contributed by atoms with van der Waals surface area (Å²) >= 11 is 4.93. The van der Waals surface area contributed by atoms with E-state index in [1.165, 1.54) is 11.3 Å². The van der Waals surface area contributed by atoms with Gasteiger partial charge >= 0.3 is 5.97 Å². The number of unbranched alkanes of at least 4 members (excludes halogenated alkanes) is 1. The fraction of sp³-hybridized carbons (Fsp3) is 0.353. The average Bonchev–Trinajstić information content (AvgIpc) is 3.00. The Morgan fingerprint density at radius 2 is 2.23 bits per heavy atom. The smallest absolute Gasteiger partial charge is 0.312 e. The minimum absolute atomic E-state index is 0.427. The molecule has 0 saturated heterocycles. The number of rotatable bonds is 8. The third-order valence-electron chi connectivity index (χ3n) is 3.39. The molecule has 118 valence electrons. The van der Waals surface area contributed by atoms with Crippen molar-refractivity contribution < 1.29 is 14.6 Å². The van der Waals surface area contributed by atoms with E-state index in [-0.39, 0.29) is 0 Å². The summed E-state index contributed by atoms with van der Waals surface area (Å²) in [4.78, 5) is 12.5. The molecule has 0 saturated carbocycles. The van der Waals surface area contributed by atoms with E-state index in [1.54, 1.807) is 0 Å². The minimum atomic E-state index is -0.804. The fourth-order valence-electron chi connectivity index (χ4n) is 2.19. The van der Waals surface area contributed by atoms with E-state index in [1.807, 2.05) is 35.7 Å². The highest BCUT2D eigenvalue weighted by atomic mass is 79.9. The van der Waals surface area contributed by atoms with Gasteiger partial charge in [-0.1, -0.05) is 35.3 Å². The lowest BCUT2D eigenvalue weighted by Gasteiger charge is -2.15. The van der Waals surface area contributed by atoms with Gasteiger partial charge in [0, 0.05) is 9.35 Å². The summed E-state index contributed by atoms with van der Waals surface area (Å²) in [5, 5.41) is 11.4. The second-order valence-corrected chi connectivity index (χ2v) is 6.96. The molecule has 0 aliphatic carbocycles. The quantitative estimate of drug-likeness (QED) is 0.645. The highest BCUT2D eigenvalue weighted by Crippen LogP contribution is 2.31. The van der Waals surface area contributed by atoms with Gasteiger partial charge in [-0.05, 0) is 48.1 Å². The molecule has 1 atom stereocenters. The number of halogens is 1. The highest BCUT2D eigenvalue weighted by Gasteiger charge is 2.23. The van der Waals surface area contributed by atoms with Crippen molar-refractivity contribution in [3.63, 3.8) is 0 Å².